The number of hydrogen-bond donors (Lipinski definition) is 1. The van der Waals surface area contributed by atoms with Crippen molar-refractivity contribution in [1.82, 2.24) is 9.66 Å². The number of pyridine rings is 2. The van der Waals surface area contributed by atoms with Crippen LogP contribution in [-0.4, -0.2) is 16.2 Å². The number of fused-ring (bicyclic) bond motifs is 1. The maximum absolute atomic E-state index is 5.66. The minimum Gasteiger partial charge on any atom is -0.323 e. The van der Waals surface area contributed by atoms with Crippen molar-refractivity contribution in [3.05, 3.63) is 34.6 Å². The molecule has 2 rings (SSSR count). The maximum Gasteiger partial charge on any atom is 0.159 e. The van der Waals surface area contributed by atoms with Gasteiger partial charge in [0.15, 0.2) is 5.65 Å². The van der Waals surface area contributed by atoms with Crippen LogP contribution in [0.3, 0.4) is 0 Å². The lowest BCUT2D eigenvalue weighted by Gasteiger charge is -2.16. The van der Waals surface area contributed by atoms with Crippen LogP contribution in [0, 0.1) is 10.6 Å². The van der Waals surface area contributed by atoms with Crippen molar-refractivity contribution in [3.8, 4) is 0 Å². The Kier molecular flexibility index (Phi) is 6.37. The summed E-state index contributed by atoms with van der Waals surface area (Å²) in [7, 11) is 0. The normalized spacial score (nSPS) is 11.3. The first-order chi connectivity index (χ1) is 10.6. The van der Waals surface area contributed by atoms with Crippen molar-refractivity contribution in [2.75, 3.05) is 12.0 Å². The molecule has 22 heavy (non-hydrogen) atoms. The molecule has 0 spiro atoms. The van der Waals surface area contributed by atoms with Crippen LogP contribution in [0.1, 0.15) is 52.0 Å². The topological polar surface area (TPSA) is 29.9 Å². The van der Waals surface area contributed by atoms with E-state index in [9.17, 15) is 0 Å². The molecule has 2 aromatic heterocycles. The monoisotopic (exact) mass is 317 g/mol. The average Bonchev–Trinajstić information content (AvgIpc) is 2.50. The number of hydrogen-bond acceptors (Lipinski definition) is 3. The fourth-order valence-corrected chi connectivity index (χ4v) is 2.97. The SMILES string of the molecule is CCCc1cc2cccnc2n(NCCCCC(C)C)c1=S. The van der Waals surface area contributed by atoms with Crippen LogP contribution in [0.5, 0.6) is 0 Å². The molecule has 4 heteroatoms. The van der Waals surface area contributed by atoms with Gasteiger partial charge in [0.1, 0.15) is 4.64 Å². The molecular formula is C18H27N3S. The van der Waals surface area contributed by atoms with E-state index in [1.165, 1.54) is 18.4 Å². The molecule has 120 valence electrons. The van der Waals surface area contributed by atoms with E-state index in [-0.39, 0.29) is 0 Å². The molecule has 0 aliphatic rings. The summed E-state index contributed by atoms with van der Waals surface area (Å²) in [6.07, 6.45) is 7.63. The van der Waals surface area contributed by atoms with Crippen LogP contribution in [0.15, 0.2) is 24.4 Å². The summed E-state index contributed by atoms with van der Waals surface area (Å²) in [6, 6.07) is 6.27. The fourth-order valence-electron chi connectivity index (χ4n) is 2.66. The molecular weight excluding hydrogens is 290 g/mol. The van der Waals surface area contributed by atoms with Crippen LogP contribution in [0.4, 0.5) is 0 Å². The molecule has 0 fully saturated rings. The molecule has 0 atom stereocenters. The Hall–Kier alpha value is -1.42. The second-order valence-corrected chi connectivity index (χ2v) is 6.66. The molecule has 2 heterocycles. The summed E-state index contributed by atoms with van der Waals surface area (Å²) in [5, 5.41) is 1.15. The highest BCUT2D eigenvalue weighted by atomic mass is 32.1. The van der Waals surface area contributed by atoms with Gasteiger partial charge in [-0.2, -0.15) is 0 Å². The summed E-state index contributed by atoms with van der Waals surface area (Å²) in [5.74, 6) is 0.776. The second kappa shape index (κ2) is 8.28. The largest absolute Gasteiger partial charge is 0.323 e. The Morgan fingerprint density at radius 1 is 1.32 bits per heavy atom. The number of nitrogens with one attached hydrogen (secondary N) is 1. The predicted molar refractivity (Wildman–Crippen MR) is 97.5 cm³/mol. The van der Waals surface area contributed by atoms with Crippen LogP contribution in [0.25, 0.3) is 11.0 Å². The summed E-state index contributed by atoms with van der Waals surface area (Å²) >= 11 is 5.66. The Bertz CT molecular complexity index is 661. The standard InChI is InChI=1S/C18H27N3S/c1-4-8-16-13-15-10-7-11-19-17(15)21(18(16)22)20-12-6-5-9-14(2)3/h7,10-11,13-14,20H,4-6,8-9,12H2,1-3H3. The maximum atomic E-state index is 5.66. The zero-order chi connectivity index (χ0) is 15.9. The first-order valence-corrected chi connectivity index (χ1v) is 8.77. The van der Waals surface area contributed by atoms with Crippen molar-refractivity contribution < 1.29 is 0 Å². The quantitative estimate of drug-likeness (QED) is 0.543. The summed E-state index contributed by atoms with van der Waals surface area (Å²) in [4.78, 5) is 4.50. The van der Waals surface area contributed by atoms with Crippen LogP contribution in [0.2, 0.25) is 0 Å². The van der Waals surface area contributed by atoms with Crippen molar-refractivity contribution in [1.29, 1.82) is 0 Å². The molecule has 0 aliphatic carbocycles. The molecule has 0 unspecified atom stereocenters. The van der Waals surface area contributed by atoms with Gasteiger partial charge in [0.2, 0.25) is 0 Å². The van der Waals surface area contributed by atoms with E-state index in [4.69, 9.17) is 12.2 Å². The van der Waals surface area contributed by atoms with Gasteiger partial charge in [0, 0.05) is 18.1 Å². The number of aromatic nitrogens is 2. The smallest absolute Gasteiger partial charge is 0.159 e. The average molecular weight is 318 g/mol. The van der Waals surface area contributed by atoms with Gasteiger partial charge in [0.25, 0.3) is 0 Å². The van der Waals surface area contributed by atoms with Crippen LogP contribution in [-0.2, 0) is 6.42 Å². The van der Waals surface area contributed by atoms with Crippen molar-refractivity contribution in [2.24, 2.45) is 5.92 Å². The molecule has 0 aromatic carbocycles. The highest BCUT2D eigenvalue weighted by molar-refractivity contribution is 7.71. The third kappa shape index (κ3) is 4.29. The predicted octanol–water partition coefficient (Wildman–Crippen LogP) is 5.09. The van der Waals surface area contributed by atoms with Crippen molar-refractivity contribution in [2.45, 2.75) is 52.9 Å². The summed E-state index contributed by atoms with van der Waals surface area (Å²) in [6.45, 7) is 7.67. The first kappa shape index (κ1) is 16.9. The van der Waals surface area contributed by atoms with E-state index in [2.05, 4.69) is 43.3 Å². The number of rotatable bonds is 8. The molecule has 0 radical (unpaired) electrons. The van der Waals surface area contributed by atoms with Gasteiger partial charge in [-0.3, -0.25) is 0 Å². The lowest BCUT2D eigenvalue weighted by molar-refractivity contribution is 0.540. The van der Waals surface area contributed by atoms with E-state index in [1.54, 1.807) is 0 Å². The Balaban J connectivity index is 2.19. The molecule has 2 aromatic rings. The molecule has 0 amide bonds. The first-order valence-electron chi connectivity index (χ1n) is 8.37. The van der Waals surface area contributed by atoms with Gasteiger partial charge < -0.3 is 5.43 Å². The van der Waals surface area contributed by atoms with E-state index < -0.39 is 0 Å². The van der Waals surface area contributed by atoms with Crippen LogP contribution >= 0.6 is 12.2 Å². The summed E-state index contributed by atoms with van der Waals surface area (Å²) < 4.78 is 2.88. The third-order valence-electron chi connectivity index (χ3n) is 3.83. The Morgan fingerprint density at radius 2 is 2.14 bits per heavy atom. The van der Waals surface area contributed by atoms with Gasteiger partial charge in [0.05, 0.1) is 0 Å². The third-order valence-corrected chi connectivity index (χ3v) is 4.28. The summed E-state index contributed by atoms with van der Waals surface area (Å²) in [5.41, 5.74) is 5.63. The minimum atomic E-state index is 0.776. The van der Waals surface area contributed by atoms with Gasteiger partial charge in [-0.05, 0) is 42.5 Å². The van der Waals surface area contributed by atoms with Gasteiger partial charge in [-0.1, -0.05) is 52.3 Å². The number of unbranched alkanes of at least 4 members (excludes halogenated alkanes) is 1. The van der Waals surface area contributed by atoms with E-state index >= 15 is 0 Å². The van der Waals surface area contributed by atoms with Gasteiger partial charge in [-0.15, -0.1) is 0 Å². The Morgan fingerprint density at radius 3 is 2.86 bits per heavy atom. The zero-order valence-electron chi connectivity index (χ0n) is 13.9. The van der Waals surface area contributed by atoms with Crippen molar-refractivity contribution in [3.63, 3.8) is 0 Å². The van der Waals surface area contributed by atoms with Crippen LogP contribution < -0.4 is 5.43 Å². The lowest BCUT2D eigenvalue weighted by atomic mass is 10.1. The minimum absolute atomic E-state index is 0.776. The number of aryl methyl sites for hydroxylation is 1. The van der Waals surface area contributed by atoms with E-state index in [0.29, 0.717) is 0 Å². The molecule has 1 N–H and O–H groups in total. The van der Waals surface area contributed by atoms with Crippen molar-refractivity contribution >= 4 is 23.3 Å². The van der Waals surface area contributed by atoms with E-state index in [1.807, 2.05) is 16.9 Å². The van der Waals surface area contributed by atoms with Gasteiger partial charge in [-0.25, -0.2) is 9.66 Å². The highest BCUT2D eigenvalue weighted by Crippen LogP contribution is 2.16. The molecule has 0 saturated carbocycles. The van der Waals surface area contributed by atoms with E-state index in [0.717, 1.165) is 47.4 Å². The fraction of sp³-hybridized carbons (Fsp3) is 0.556. The molecule has 0 saturated heterocycles. The highest BCUT2D eigenvalue weighted by Gasteiger charge is 2.06. The lowest BCUT2D eigenvalue weighted by Crippen LogP contribution is -2.20. The number of nitrogens with zero attached hydrogens (tertiary/aromatic N) is 2. The zero-order valence-corrected chi connectivity index (χ0v) is 14.7. The second-order valence-electron chi connectivity index (χ2n) is 6.27. The Labute approximate surface area is 138 Å². The molecule has 3 nitrogen and oxygen atoms in total. The van der Waals surface area contributed by atoms with Gasteiger partial charge >= 0.3 is 0 Å². The molecule has 0 aliphatic heterocycles. The molecule has 0 bridgehead atoms.